The van der Waals surface area contributed by atoms with Gasteiger partial charge in [-0.05, 0) is 42.5 Å². The molecule has 2 heterocycles. The van der Waals surface area contributed by atoms with Crippen LogP contribution in [0.5, 0.6) is 0 Å². The molecule has 0 saturated heterocycles. The smallest absolute Gasteiger partial charge is 0.373 e. The van der Waals surface area contributed by atoms with Crippen LogP contribution in [0.4, 0.5) is 4.39 Å². The maximum atomic E-state index is 13.4. The summed E-state index contributed by atoms with van der Waals surface area (Å²) in [6, 6.07) is 8.12. The molecule has 0 radical (unpaired) electrons. The molecule has 0 saturated carbocycles. The second kappa shape index (κ2) is 6.56. The molecule has 0 aliphatic rings. The number of methoxy groups -OCH3 is 1. The topological polar surface area (TPSA) is 89.6 Å². The first-order valence-electron chi connectivity index (χ1n) is 7.18. The third-order valence-electron chi connectivity index (χ3n) is 3.45. The van der Waals surface area contributed by atoms with E-state index in [1.165, 1.54) is 49.6 Å². The predicted molar refractivity (Wildman–Crippen MR) is 87.6 cm³/mol. The number of nitrogens with zero attached hydrogens (tertiary/aromatic N) is 1. The highest BCUT2D eigenvalue weighted by Gasteiger charge is 2.12. The summed E-state index contributed by atoms with van der Waals surface area (Å²) in [5.74, 6) is -1.85. The number of hydrogen-bond donors (Lipinski definition) is 1. The van der Waals surface area contributed by atoms with E-state index in [1.807, 2.05) is 0 Å². The molecule has 1 N–H and O–H groups in total. The summed E-state index contributed by atoms with van der Waals surface area (Å²) in [7, 11) is 1.24. The monoisotopic (exact) mass is 341 g/mol. The fourth-order valence-corrected chi connectivity index (χ4v) is 2.30. The second-order valence-corrected chi connectivity index (χ2v) is 5.09. The van der Waals surface area contributed by atoms with E-state index in [2.05, 4.69) is 9.72 Å². The molecule has 0 aliphatic carbocycles. The number of hydrogen-bond acceptors (Lipinski definition) is 5. The molecule has 3 aromatic rings. The molecule has 1 aromatic carbocycles. The number of aromatic carboxylic acids is 1. The minimum Gasteiger partial charge on any atom is -0.478 e. The normalized spacial score (nSPS) is 11.1. The molecular formula is C18H12FNO5. The number of esters is 1. The van der Waals surface area contributed by atoms with Gasteiger partial charge in [-0.1, -0.05) is 0 Å². The van der Waals surface area contributed by atoms with Crippen molar-refractivity contribution in [1.82, 2.24) is 4.98 Å². The van der Waals surface area contributed by atoms with E-state index in [9.17, 15) is 19.1 Å². The minimum atomic E-state index is -1.14. The number of aromatic nitrogens is 1. The van der Waals surface area contributed by atoms with Crippen LogP contribution in [0.2, 0.25) is 0 Å². The number of carbonyl (C=O) groups is 2. The molecule has 25 heavy (non-hydrogen) atoms. The number of furan rings is 1. The van der Waals surface area contributed by atoms with Gasteiger partial charge in [0.05, 0.1) is 23.9 Å². The Morgan fingerprint density at radius 1 is 1.20 bits per heavy atom. The van der Waals surface area contributed by atoms with Gasteiger partial charge in [0.25, 0.3) is 0 Å². The number of fused-ring (bicyclic) bond motifs is 1. The van der Waals surface area contributed by atoms with Crippen LogP contribution in [-0.2, 0) is 4.74 Å². The van der Waals surface area contributed by atoms with Gasteiger partial charge in [0.15, 0.2) is 0 Å². The van der Waals surface area contributed by atoms with Gasteiger partial charge in [-0.3, -0.25) is 0 Å². The first-order chi connectivity index (χ1) is 12.0. The Hall–Kier alpha value is -3.48. The van der Waals surface area contributed by atoms with Crippen LogP contribution >= 0.6 is 0 Å². The van der Waals surface area contributed by atoms with Gasteiger partial charge in [-0.25, -0.2) is 19.0 Å². The molecule has 0 aliphatic heterocycles. The maximum Gasteiger partial charge on any atom is 0.373 e. The number of benzene rings is 1. The number of carboxylic acids is 1. The van der Waals surface area contributed by atoms with Gasteiger partial charge in [-0.15, -0.1) is 0 Å². The first-order valence-corrected chi connectivity index (χ1v) is 7.18. The van der Waals surface area contributed by atoms with Crippen molar-refractivity contribution in [3.8, 4) is 0 Å². The fourth-order valence-electron chi connectivity index (χ4n) is 2.30. The van der Waals surface area contributed by atoms with Crippen molar-refractivity contribution in [1.29, 1.82) is 0 Å². The highest BCUT2D eigenvalue weighted by Crippen LogP contribution is 2.21. The van der Waals surface area contributed by atoms with Crippen LogP contribution in [0.3, 0.4) is 0 Å². The number of carbonyl (C=O) groups excluding carboxylic acids is 1. The van der Waals surface area contributed by atoms with Crippen LogP contribution < -0.4 is 0 Å². The summed E-state index contributed by atoms with van der Waals surface area (Å²) in [6.07, 6.45) is 3.03. The van der Waals surface area contributed by atoms with Crippen molar-refractivity contribution >= 4 is 35.0 Å². The number of halogens is 1. The third kappa shape index (κ3) is 3.40. The molecule has 0 unspecified atom stereocenters. The van der Waals surface area contributed by atoms with Crippen molar-refractivity contribution in [2.24, 2.45) is 0 Å². The van der Waals surface area contributed by atoms with Crippen LogP contribution in [0.1, 0.15) is 32.4 Å². The Labute approximate surface area is 141 Å². The standard InChI is InChI=1S/C18H12FNO5/c1-24-18(23)16-7-5-12(25-16)4-3-11-9-14(17(21)22)13-6-2-10(19)8-15(13)20-11/h2-9H,1H3,(H,21,22)/b4-3+. The number of rotatable bonds is 4. The molecule has 2 aromatic heterocycles. The van der Waals surface area contributed by atoms with E-state index in [0.717, 1.165) is 0 Å². The van der Waals surface area contributed by atoms with Crippen molar-refractivity contribution in [2.75, 3.05) is 7.11 Å². The summed E-state index contributed by atoms with van der Waals surface area (Å²) < 4.78 is 23.2. The lowest BCUT2D eigenvalue weighted by molar-refractivity contribution is 0.0564. The number of pyridine rings is 1. The molecule has 7 heteroatoms. The minimum absolute atomic E-state index is 0.0133. The lowest BCUT2D eigenvalue weighted by Crippen LogP contribution is -2.00. The quantitative estimate of drug-likeness (QED) is 0.729. The average molecular weight is 341 g/mol. The zero-order valence-corrected chi connectivity index (χ0v) is 13.0. The van der Waals surface area contributed by atoms with Gasteiger partial charge in [-0.2, -0.15) is 0 Å². The highest BCUT2D eigenvalue weighted by molar-refractivity contribution is 6.03. The van der Waals surface area contributed by atoms with E-state index in [0.29, 0.717) is 16.8 Å². The summed E-state index contributed by atoms with van der Waals surface area (Å²) in [4.78, 5) is 27.0. The Bertz CT molecular complexity index is 1010. The molecular weight excluding hydrogens is 329 g/mol. The van der Waals surface area contributed by atoms with E-state index >= 15 is 0 Å². The Kier molecular flexibility index (Phi) is 4.30. The SMILES string of the molecule is COC(=O)c1ccc(/C=C/c2cc(C(=O)O)c3ccc(F)cc3n2)o1. The maximum absolute atomic E-state index is 13.4. The molecule has 6 nitrogen and oxygen atoms in total. The largest absolute Gasteiger partial charge is 0.478 e. The summed E-state index contributed by atoms with van der Waals surface area (Å²) >= 11 is 0. The van der Waals surface area contributed by atoms with E-state index in [-0.39, 0.29) is 16.8 Å². The van der Waals surface area contributed by atoms with Crippen LogP contribution in [0, 0.1) is 5.82 Å². The molecule has 0 fully saturated rings. The lowest BCUT2D eigenvalue weighted by atomic mass is 10.1. The second-order valence-electron chi connectivity index (χ2n) is 5.09. The average Bonchev–Trinajstić information content (AvgIpc) is 3.07. The van der Waals surface area contributed by atoms with Crippen LogP contribution in [0.25, 0.3) is 23.1 Å². The Balaban J connectivity index is 1.99. The molecule has 0 spiro atoms. The van der Waals surface area contributed by atoms with Gasteiger partial charge >= 0.3 is 11.9 Å². The van der Waals surface area contributed by atoms with Gasteiger partial charge in [0.2, 0.25) is 5.76 Å². The molecule has 3 rings (SSSR count). The Morgan fingerprint density at radius 2 is 2.00 bits per heavy atom. The zero-order valence-electron chi connectivity index (χ0n) is 13.0. The van der Waals surface area contributed by atoms with Crippen molar-refractivity contribution in [2.45, 2.75) is 0 Å². The molecule has 0 atom stereocenters. The number of carboxylic acid groups (broad SMARTS) is 1. The van der Waals surface area contributed by atoms with E-state index in [1.54, 1.807) is 6.07 Å². The molecule has 126 valence electrons. The van der Waals surface area contributed by atoms with Crippen LogP contribution in [0.15, 0.2) is 40.8 Å². The third-order valence-corrected chi connectivity index (χ3v) is 3.45. The predicted octanol–water partition coefficient (Wildman–Crippen LogP) is 3.62. The van der Waals surface area contributed by atoms with E-state index in [4.69, 9.17) is 4.42 Å². The zero-order chi connectivity index (χ0) is 18.0. The fraction of sp³-hybridized carbons (Fsp3) is 0.0556. The summed E-state index contributed by atoms with van der Waals surface area (Å²) in [5, 5.41) is 9.68. The molecule has 0 amide bonds. The summed E-state index contributed by atoms with van der Waals surface area (Å²) in [5.41, 5.74) is 0.556. The van der Waals surface area contributed by atoms with Gasteiger partial charge in [0.1, 0.15) is 11.6 Å². The van der Waals surface area contributed by atoms with Crippen molar-refractivity contribution in [3.63, 3.8) is 0 Å². The first kappa shape index (κ1) is 16.4. The van der Waals surface area contributed by atoms with Crippen molar-refractivity contribution < 1.29 is 28.2 Å². The summed E-state index contributed by atoms with van der Waals surface area (Å²) in [6.45, 7) is 0. The number of ether oxygens (including phenoxy) is 1. The van der Waals surface area contributed by atoms with Gasteiger partial charge < -0.3 is 14.3 Å². The Morgan fingerprint density at radius 3 is 2.72 bits per heavy atom. The van der Waals surface area contributed by atoms with Gasteiger partial charge in [0, 0.05) is 11.5 Å². The van der Waals surface area contributed by atoms with Crippen LogP contribution in [-0.4, -0.2) is 29.1 Å². The highest BCUT2D eigenvalue weighted by atomic mass is 19.1. The van der Waals surface area contributed by atoms with E-state index < -0.39 is 17.8 Å². The molecule has 0 bridgehead atoms. The lowest BCUT2D eigenvalue weighted by Gasteiger charge is -2.04. The van der Waals surface area contributed by atoms with Crippen molar-refractivity contribution in [3.05, 3.63) is 65.0 Å².